The predicted molar refractivity (Wildman–Crippen MR) is 113 cm³/mol. The maximum absolute atomic E-state index is 12.2. The number of methoxy groups -OCH3 is 2. The van der Waals surface area contributed by atoms with Crippen molar-refractivity contribution >= 4 is 35.0 Å². The minimum atomic E-state index is -0.519. The number of aromatic nitrogens is 1. The van der Waals surface area contributed by atoms with Crippen molar-refractivity contribution in [2.45, 2.75) is 25.3 Å². The lowest BCUT2D eigenvalue weighted by molar-refractivity contribution is 0.0587. The molecular weight excluding hydrogens is 390 g/mol. The van der Waals surface area contributed by atoms with Crippen molar-refractivity contribution in [2.24, 2.45) is 0 Å². The lowest BCUT2D eigenvalue weighted by Gasteiger charge is -2.38. The summed E-state index contributed by atoms with van der Waals surface area (Å²) in [5.41, 5.74) is 2.10. The fourth-order valence-corrected chi connectivity index (χ4v) is 3.79. The fraction of sp³-hybridized carbons (Fsp3) is 0.333. The molecule has 1 atom stereocenters. The molecule has 1 aromatic heterocycles. The SMILES string of the molecule is COC(=O)c1ccc(C(=O)OC)c(NC(=S)N2CCCC[C@H]2c2cccnc2)c1. The van der Waals surface area contributed by atoms with Crippen molar-refractivity contribution in [1.29, 1.82) is 0 Å². The molecule has 3 rings (SSSR count). The van der Waals surface area contributed by atoms with Gasteiger partial charge in [-0.25, -0.2) is 9.59 Å². The molecule has 8 heteroatoms. The van der Waals surface area contributed by atoms with Gasteiger partial charge in [-0.05, 0) is 61.3 Å². The van der Waals surface area contributed by atoms with E-state index in [0.29, 0.717) is 16.4 Å². The number of anilines is 1. The quantitative estimate of drug-likeness (QED) is 0.602. The van der Waals surface area contributed by atoms with Crippen LogP contribution >= 0.6 is 12.2 Å². The monoisotopic (exact) mass is 413 g/mol. The molecule has 1 aliphatic heterocycles. The third-order valence-electron chi connectivity index (χ3n) is 4.92. The lowest BCUT2D eigenvalue weighted by Crippen LogP contribution is -2.41. The first-order valence-electron chi connectivity index (χ1n) is 9.33. The van der Waals surface area contributed by atoms with Gasteiger partial charge in [0.15, 0.2) is 5.11 Å². The molecule has 2 heterocycles. The highest BCUT2D eigenvalue weighted by Crippen LogP contribution is 2.31. The van der Waals surface area contributed by atoms with E-state index in [-0.39, 0.29) is 11.6 Å². The van der Waals surface area contributed by atoms with Crippen LogP contribution in [0.25, 0.3) is 0 Å². The summed E-state index contributed by atoms with van der Waals surface area (Å²) in [7, 11) is 2.61. The summed E-state index contributed by atoms with van der Waals surface area (Å²) in [6, 6.07) is 8.64. The molecular formula is C21H23N3O4S. The summed E-state index contributed by atoms with van der Waals surface area (Å²) < 4.78 is 9.64. The van der Waals surface area contributed by atoms with Gasteiger partial charge in [0.05, 0.1) is 37.1 Å². The first-order chi connectivity index (χ1) is 14.0. The topological polar surface area (TPSA) is 80.8 Å². The highest BCUT2D eigenvalue weighted by atomic mass is 32.1. The largest absolute Gasteiger partial charge is 0.465 e. The smallest absolute Gasteiger partial charge is 0.339 e. The van der Waals surface area contributed by atoms with Crippen molar-refractivity contribution in [1.82, 2.24) is 9.88 Å². The van der Waals surface area contributed by atoms with Gasteiger partial charge in [-0.1, -0.05) is 6.07 Å². The van der Waals surface area contributed by atoms with E-state index in [1.807, 2.05) is 18.3 Å². The zero-order valence-corrected chi connectivity index (χ0v) is 17.2. The Bertz CT molecular complexity index is 904. The number of likely N-dealkylation sites (tertiary alicyclic amines) is 1. The average Bonchev–Trinajstić information content (AvgIpc) is 2.78. The van der Waals surface area contributed by atoms with Gasteiger partial charge in [0.1, 0.15) is 0 Å². The van der Waals surface area contributed by atoms with Crippen molar-refractivity contribution in [3.63, 3.8) is 0 Å². The molecule has 7 nitrogen and oxygen atoms in total. The molecule has 1 aromatic carbocycles. The van der Waals surface area contributed by atoms with Crippen LogP contribution in [-0.4, -0.2) is 47.7 Å². The maximum Gasteiger partial charge on any atom is 0.339 e. The van der Waals surface area contributed by atoms with Crippen LogP contribution in [0.3, 0.4) is 0 Å². The number of piperidine rings is 1. The Balaban J connectivity index is 1.89. The summed E-state index contributed by atoms with van der Waals surface area (Å²) in [5.74, 6) is -1.02. The summed E-state index contributed by atoms with van der Waals surface area (Å²) in [6.07, 6.45) is 6.67. The van der Waals surface area contributed by atoms with Crippen molar-refractivity contribution in [3.8, 4) is 0 Å². The summed E-state index contributed by atoms with van der Waals surface area (Å²) in [6.45, 7) is 0.787. The van der Waals surface area contributed by atoms with E-state index in [2.05, 4.69) is 15.2 Å². The molecule has 1 N–H and O–H groups in total. The number of hydrogen-bond donors (Lipinski definition) is 1. The van der Waals surface area contributed by atoms with Gasteiger partial charge in [0.25, 0.3) is 0 Å². The molecule has 0 bridgehead atoms. The molecule has 0 amide bonds. The standard InChI is InChI=1S/C21H23N3O4S/c1-27-19(25)14-8-9-16(20(26)28-2)17(12-14)23-21(29)24-11-4-3-7-18(24)15-6-5-10-22-13-15/h5-6,8-10,12-13,18H,3-4,7,11H2,1-2H3,(H,23,29)/t18-/m0/s1. The molecule has 29 heavy (non-hydrogen) atoms. The first kappa shape index (κ1) is 20.7. The van der Waals surface area contributed by atoms with Crippen LogP contribution in [-0.2, 0) is 9.47 Å². The van der Waals surface area contributed by atoms with Crippen LogP contribution in [0.4, 0.5) is 5.69 Å². The molecule has 1 saturated heterocycles. The third kappa shape index (κ3) is 4.71. The molecule has 0 saturated carbocycles. The number of pyridine rings is 1. The minimum absolute atomic E-state index is 0.0998. The number of nitrogens with one attached hydrogen (secondary N) is 1. The Morgan fingerprint density at radius 1 is 1.17 bits per heavy atom. The Morgan fingerprint density at radius 3 is 2.66 bits per heavy atom. The highest BCUT2D eigenvalue weighted by Gasteiger charge is 2.27. The second-order valence-corrected chi connectivity index (χ2v) is 7.05. The van der Waals surface area contributed by atoms with Gasteiger partial charge >= 0.3 is 11.9 Å². The van der Waals surface area contributed by atoms with Crippen LogP contribution in [0.1, 0.15) is 51.6 Å². The Labute approximate surface area is 175 Å². The molecule has 0 aliphatic carbocycles. The van der Waals surface area contributed by atoms with Crippen LogP contribution in [0.2, 0.25) is 0 Å². The van der Waals surface area contributed by atoms with E-state index >= 15 is 0 Å². The number of ether oxygens (including phenoxy) is 2. The number of esters is 2. The van der Waals surface area contributed by atoms with E-state index in [0.717, 1.165) is 31.4 Å². The van der Waals surface area contributed by atoms with Gasteiger partial charge < -0.3 is 19.7 Å². The van der Waals surface area contributed by atoms with Gasteiger partial charge in [0, 0.05) is 18.9 Å². The number of nitrogens with zero attached hydrogens (tertiary/aromatic N) is 2. The van der Waals surface area contributed by atoms with Gasteiger partial charge in [0.2, 0.25) is 0 Å². The molecule has 0 radical (unpaired) electrons. The van der Waals surface area contributed by atoms with E-state index in [1.54, 1.807) is 12.3 Å². The number of thiocarbonyl (C=S) groups is 1. The van der Waals surface area contributed by atoms with Gasteiger partial charge in [-0.3, -0.25) is 4.98 Å². The zero-order chi connectivity index (χ0) is 20.8. The van der Waals surface area contributed by atoms with Crippen molar-refractivity contribution in [3.05, 3.63) is 59.4 Å². The van der Waals surface area contributed by atoms with E-state index in [1.165, 1.54) is 26.4 Å². The molecule has 2 aromatic rings. The Kier molecular flexibility index (Phi) is 6.77. The fourth-order valence-electron chi connectivity index (χ4n) is 3.46. The number of hydrogen-bond acceptors (Lipinski definition) is 6. The molecule has 1 fully saturated rings. The van der Waals surface area contributed by atoms with Crippen LogP contribution < -0.4 is 5.32 Å². The summed E-state index contributed by atoms with van der Waals surface area (Å²) in [5, 5.41) is 3.62. The second kappa shape index (κ2) is 9.47. The maximum atomic E-state index is 12.2. The zero-order valence-electron chi connectivity index (χ0n) is 16.4. The Hall–Kier alpha value is -3.00. The van der Waals surface area contributed by atoms with Crippen LogP contribution in [0.15, 0.2) is 42.7 Å². The number of rotatable bonds is 4. The van der Waals surface area contributed by atoms with Crippen molar-refractivity contribution < 1.29 is 19.1 Å². The predicted octanol–water partition coefficient (Wildman–Crippen LogP) is 3.58. The van der Waals surface area contributed by atoms with E-state index < -0.39 is 11.9 Å². The average molecular weight is 413 g/mol. The van der Waals surface area contributed by atoms with Gasteiger partial charge in [-0.2, -0.15) is 0 Å². The number of carbonyl (C=O) groups is 2. The first-order valence-corrected chi connectivity index (χ1v) is 9.74. The lowest BCUT2D eigenvalue weighted by atomic mass is 9.97. The Morgan fingerprint density at radius 2 is 1.97 bits per heavy atom. The highest BCUT2D eigenvalue weighted by molar-refractivity contribution is 7.80. The third-order valence-corrected chi connectivity index (χ3v) is 5.26. The summed E-state index contributed by atoms with van der Waals surface area (Å²) in [4.78, 5) is 30.4. The van der Waals surface area contributed by atoms with E-state index in [4.69, 9.17) is 21.7 Å². The molecule has 0 unspecified atom stereocenters. The molecule has 0 spiro atoms. The molecule has 152 valence electrons. The van der Waals surface area contributed by atoms with Gasteiger partial charge in [-0.15, -0.1) is 0 Å². The van der Waals surface area contributed by atoms with Crippen LogP contribution in [0, 0.1) is 0 Å². The van der Waals surface area contributed by atoms with Crippen LogP contribution in [0.5, 0.6) is 0 Å². The molecule has 1 aliphatic rings. The van der Waals surface area contributed by atoms with Crippen molar-refractivity contribution in [2.75, 3.05) is 26.1 Å². The number of carbonyl (C=O) groups excluding carboxylic acids is 2. The minimum Gasteiger partial charge on any atom is -0.465 e. The number of benzene rings is 1. The summed E-state index contributed by atoms with van der Waals surface area (Å²) >= 11 is 5.68. The second-order valence-electron chi connectivity index (χ2n) is 6.67. The normalized spacial score (nSPS) is 16.1. The van der Waals surface area contributed by atoms with E-state index in [9.17, 15) is 9.59 Å².